The van der Waals surface area contributed by atoms with Crippen LogP contribution in [-0.2, 0) is 0 Å². The molecular weight excluding hydrogens is 196 g/mol. The van der Waals surface area contributed by atoms with Gasteiger partial charge in [-0.1, -0.05) is 0 Å². The van der Waals surface area contributed by atoms with E-state index in [0.29, 0.717) is 0 Å². The first-order valence-electron chi connectivity index (χ1n) is 6.80. The number of terminal acetylenes is 1. The summed E-state index contributed by atoms with van der Waals surface area (Å²) >= 11 is 0. The lowest BCUT2D eigenvalue weighted by Gasteiger charge is -2.25. The molecule has 0 aliphatic carbocycles. The van der Waals surface area contributed by atoms with Gasteiger partial charge in [0.05, 0.1) is 0 Å². The molecule has 2 heterocycles. The molecule has 2 rings (SSSR count). The van der Waals surface area contributed by atoms with Gasteiger partial charge in [-0.25, -0.2) is 0 Å². The number of unbranched alkanes of at least 4 members (excludes halogenated alkanes) is 2. The molecule has 2 aliphatic heterocycles. The summed E-state index contributed by atoms with van der Waals surface area (Å²) < 4.78 is 0. The molecule has 0 saturated carbocycles. The highest BCUT2D eigenvalue weighted by molar-refractivity contribution is 4.85. The lowest BCUT2D eigenvalue weighted by Crippen LogP contribution is -2.36. The summed E-state index contributed by atoms with van der Waals surface area (Å²) in [5.74, 6) is 2.73. The molecule has 0 bridgehead atoms. The second-order valence-corrected chi connectivity index (χ2v) is 5.15. The predicted molar refractivity (Wildman–Crippen MR) is 68.3 cm³/mol. The average molecular weight is 220 g/mol. The molecule has 2 aliphatic rings. The van der Waals surface area contributed by atoms with Crippen LogP contribution in [0, 0.1) is 12.3 Å². The quantitative estimate of drug-likeness (QED) is 0.528. The SMILES string of the molecule is C#CCCCCN1CCCN2CCCC2C1. The Bertz CT molecular complexity index is 244. The normalized spacial score (nSPS) is 27.3. The van der Waals surface area contributed by atoms with Gasteiger partial charge in [-0.05, 0) is 58.3 Å². The van der Waals surface area contributed by atoms with Crippen molar-refractivity contribution in [2.45, 2.75) is 44.6 Å². The third-order valence-corrected chi connectivity index (χ3v) is 3.93. The second-order valence-electron chi connectivity index (χ2n) is 5.15. The monoisotopic (exact) mass is 220 g/mol. The van der Waals surface area contributed by atoms with Crippen molar-refractivity contribution in [2.75, 3.05) is 32.7 Å². The van der Waals surface area contributed by atoms with Crippen molar-refractivity contribution in [1.29, 1.82) is 0 Å². The van der Waals surface area contributed by atoms with Crippen LogP contribution in [0.15, 0.2) is 0 Å². The third-order valence-electron chi connectivity index (χ3n) is 3.93. The maximum Gasteiger partial charge on any atom is 0.0223 e. The van der Waals surface area contributed by atoms with E-state index in [1.54, 1.807) is 0 Å². The molecular formula is C14H24N2. The van der Waals surface area contributed by atoms with Crippen LogP contribution in [0.1, 0.15) is 38.5 Å². The van der Waals surface area contributed by atoms with E-state index in [0.717, 1.165) is 12.5 Å². The summed E-state index contributed by atoms with van der Waals surface area (Å²) in [6, 6.07) is 0.857. The van der Waals surface area contributed by atoms with E-state index < -0.39 is 0 Å². The number of rotatable bonds is 4. The molecule has 90 valence electrons. The van der Waals surface area contributed by atoms with E-state index in [1.165, 1.54) is 64.8 Å². The molecule has 0 aromatic rings. The Labute approximate surface area is 100.0 Å². The van der Waals surface area contributed by atoms with Gasteiger partial charge in [-0.2, -0.15) is 0 Å². The third kappa shape index (κ3) is 3.23. The van der Waals surface area contributed by atoms with Crippen molar-refractivity contribution >= 4 is 0 Å². The molecule has 0 N–H and O–H groups in total. The Kier molecular flexibility index (Phi) is 4.69. The number of hydrogen-bond donors (Lipinski definition) is 0. The average Bonchev–Trinajstić information content (AvgIpc) is 2.63. The van der Waals surface area contributed by atoms with Crippen molar-refractivity contribution in [3.8, 4) is 12.3 Å². The van der Waals surface area contributed by atoms with Gasteiger partial charge in [0.25, 0.3) is 0 Å². The molecule has 2 fully saturated rings. The fourth-order valence-corrected chi connectivity index (χ4v) is 3.05. The molecule has 1 unspecified atom stereocenters. The molecule has 16 heavy (non-hydrogen) atoms. The molecule has 0 amide bonds. The zero-order chi connectivity index (χ0) is 11.2. The van der Waals surface area contributed by atoms with Crippen LogP contribution in [0.4, 0.5) is 0 Å². The molecule has 0 aromatic heterocycles. The van der Waals surface area contributed by atoms with Crippen molar-refractivity contribution in [2.24, 2.45) is 0 Å². The van der Waals surface area contributed by atoms with Gasteiger partial charge < -0.3 is 4.90 Å². The Hall–Kier alpha value is -0.520. The highest BCUT2D eigenvalue weighted by atomic mass is 15.3. The highest BCUT2D eigenvalue weighted by Crippen LogP contribution is 2.21. The standard InChI is InChI=1S/C14H24N2/c1-2-3-4-5-9-15-10-7-12-16-11-6-8-14(16)13-15/h1,14H,3-13H2. The summed E-state index contributed by atoms with van der Waals surface area (Å²) in [6.45, 7) is 6.52. The van der Waals surface area contributed by atoms with E-state index in [-0.39, 0.29) is 0 Å². The Morgan fingerprint density at radius 3 is 2.88 bits per heavy atom. The summed E-state index contributed by atoms with van der Waals surface area (Å²) in [5, 5.41) is 0. The van der Waals surface area contributed by atoms with Crippen LogP contribution in [0.3, 0.4) is 0 Å². The first-order chi connectivity index (χ1) is 7.90. The van der Waals surface area contributed by atoms with Crippen molar-refractivity contribution in [3.63, 3.8) is 0 Å². The number of fused-ring (bicyclic) bond motifs is 1. The predicted octanol–water partition coefficient (Wildman–Crippen LogP) is 1.96. The zero-order valence-corrected chi connectivity index (χ0v) is 10.3. The smallest absolute Gasteiger partial charge is 0.0223 e. The lowest BCUT2D eigenvalue weighted by molar-refractivity contribution is 0.218. The van der Waals surface area contributed by atoms with Gasteiger partial charge in [-0.3, -0.25) is 4.90 Å². The topological polar surface area (TPSA) is 6.48 Å². The van der Waals surface area contributed by atoms with E-state index in [9.17, 15) is 0 Å². The van der Waals surface area contributed by atoms with Crippen LogP contribution >= 0.6 is 0 Å². The molecule has 1 atom stereocenters. The molecule has 0 aromatic carbocycles. The minimum atomic E-state index is 0.857. The number of hydrogen-bond acceptors (Lipinski definition) is 2. The van der Waals surface area contributed by atoms with Crippen LogP contribution < -0.4 is 0 Å². The van der Waals surface area contributed by atoms with Crippen LogP contribution in [0.25, 0.3) is 0 Å². The first-order valence-corrected chi connectivity index (χ1v) is 6.80. The fourth-order valence-electron chi connectivity index (χ4n) is 3.05. The van der Waals surface area contributed by atoms with Gasteiger partial charge in [-0.15, -0.1) is 12.3 Å². The van der Waals surface area contributed by atoms with Gasteiger partial charge in [0.1, 0.15) is 0 Å². The van der Waals surface area contributed by atoms with E-state index in [1.807, 2.05) is 0 Å². The van der Waals surface area contributed by atoms with E-state index in [4.69, 9.17) is 6.42 Å². The highest BCUT2D eigenvalue weighted by Gasteiger charge is 2.28. The van der Waals surface area contributed by atoms with Gasteiger partial charge in [0.2, 0.25) is 0 Å². The van der Waals surface area contributed by atoms with Gasteiger partial charge in [0, 0.05) is 19.0 Å². The molecule has 2 nitrogen and oxygen atoms in total. The number of nitrogens with zero attached hydrogens (tertiary/aromatic N) is 2. The Morgan fingerprint density at radius 1 is 1.12 bits per heavy atom. The van der Waals surface area contributed by atoms with Crippen molar-refractivity contribution < 1.29 is 0 Å². The maximum absolute atomic E-state index is 5.27. The van der Waals surface area contributed by atoms with E-state index >= 15 is 0 Å². The van der Waals surface area contributed by atoms with Crippen molar-refractivity contribution in [3.05, 3.63) is 0 Å². The van der Waals surface area contributed by atoms with Gasteiger partial charge in [0.15, 0.2) is 0 Å². The summed E-state index contributed by atoms with van der Waals surface area (Å²) in [6.07, 6.45) is 12.9. The van der Waals surface area contributed by atoms with Crippen molar-refractivity contribution in [1.82, 2.24) is 9.80 Å². The van der Waals surface area contributed by atoms with Gasteiger partial charge >= 0.3 is 0 Å². The molecule has 0 radical (unpaired) electrons. The fraction of sp³-hybridized carbons (Fsp3) is 0.857. The molecule has 2 saturated heterocycles. The Balaban J connectivity index is 1.71. The van der Waals surface area contributed by atoms with E-state index in [2.05, 4.69) is 15.7 Å². The van der Waals surface area contributed by atoms with Crippen LogP contribution in [-0.4, -0.2) is 48.6 Å². The zero-order valence-electron chi connectivity index (χ0n) is 10.3. The largest absolute Gasteiger partial charge is 0.302 e. The maximum atomic E-state index is 5.27. The molecule has 0 spiro atoms. The summed E-state index contributed by atoms with van der Waals surface area (Å²) in [7, 11) is 0. The van der Waals surface area contributed by atoms with Crippen LogP contribution in [0.5, 0.6) is 0 Å². The second kappa shape index (κ2) is 6.27. The molecule has 2 heteroatoms. The summed E-state index contributed by atoms with van der Waals surface area (Å²) in [5.41, 5.74) is 0. The first kappa shape index (κ1) is 12.0. The lowest BCUT2D eigenvalue weighted by atomic mass is 10.2. The summed E-state index contributed by atoms with van der Waals surface area (Å²) in [4.78, 5) is 5.36. The minimum Gasteiger partial charge on any atom is -0.302 e. The van der Waals surface area contributed by atoms with Crippen LogP contribution in [0.2, 0.25) is 0 Å². The Morgan fingerprint density at radius 2 is 2.00 bits per heavy atom. The minimum absolute atomic E-state index is 0.857.